The van der Waals surface area contributed by atoms with Crippen LogP contribution < -0.4 is 10.0 Å². The molecular weight excluding hydrogens is 272 g/mol. The minimum absolute atomic E-state index is 0.270. The van der Waals surface area contributed by atoms with E-state index in [4.69, 9.17) is 5.73 Å². The van der Waals surface area contributed by atoms with Crippen molar-refractivity contribution in [1.82, 2.24) is 0 Å². The number of sulfonamides is 1. The highest BCUT2D eigenvalue weighted by Crippen LogP contribution is 2.27. The number of aryl methyl sites for hydroxylation is 2. The molecule has 2 aromatic rings. The number of hydrogen-bond donors (Lipinski definition) is 1. The van der Waals surface area contributed by atoms with Crippen molar-refractivity contribution in [2.24, 2.45) is 0 Å². The Kier molecular flexibility index (Phi) is 3.72. The molecule has 106 valence electrons. The third kappa shape index (κ3) is 2.49. The van der Waals surface area contributed by atoms with Gasteiger partial charge in [-0.1, -0.05) is 18.2 Å². The van der Waals surface area contributed by atoms with E-state index in [1.54, 1.807) is 36.4 Å². The summed E-state index contributed by atoms with van der Waals surface area (Å²) in [4.78, 5) is 0.270. The second-order valence-corrected chi connectivity index (χ2v) is 6.75. The summed E-state index contributed by atoms with van der Waals surface area (Å²) in [5.74, 6) is 0. The largest absolute Gasteiger partial charge is 0.397 e. The van der Waals surface area contributed by atoms with Gasteiger partial charge >= 0.3 is 0 Å². The van der Waals surface area contributed by atoms with E-state index < -0.39 is 10.0 Å². The average molecular weight is 290 g/mol. The van der Waals surface area contributed by atoms with Crippen LogP contribution in [0.1, 0.15) is 11.1 Å². The van der Waals surface area contributed by atoms with Gasteiger partial charge in [0.1, 0.15) is 0 Å². The van der Waals surface area contributed by atoms with Crippen molar-refractivity contribution in [2.75, 3.05) is 17.1 Å². The molecule has 20 heavy (non-hydrogen) atoms. The Balaban J connectivity index is 2.50. The number of benzene rings is 2. The SMILES string of the molecule is Cc1ccc(S(=O)(=O)N(C)c2ccccc2N)cc1C. The third-order valence-corrected chi connectivity index (χ3v) is 5.18. The third-order valence-electron chi connectivity index (χ3n) is 3.41. The zero-order valence-corrected chi connectivity index (χ0v) is 12.6. The van der Waals surface area contributed by atoms with Crippen molar-refractivity contribution in [3.63, 3.8) is 0 Å². The van der Waals surface area contributed by atoms with Gasteiger partial charge in [-0.05, 0) is 49.2 Å². The summed E-state index contributed by atoms with van der Waals surface area (Å²) >= 11 is 0. The van der Waals surface area contributed by atoms with Gasteiger partial charge in [0, 0.05) is 7.05 Å². The van der Waals surface area contributed by atoms with E-state index in [1.807, 2.05) is 19.9 Å². The predicted octanol–water partition coefficient (Wildman–Crippen LogP) is 2.71. The van der Waals surface area contributed by atoms with Gasteiger partial charge < -0.3 is 5.73 Å². The Labute approximate surface area is 119 Å². The van der Waals surface area contributed by atoms with E-state index in [0.717, 1.165) is 11.1 Å². The molecule has 0 radical (unpaired) electrons. The van der Waals surface area contributed by atoms with Gasteiger partial charge in [0.25, 0.3) is 10.0 Å². The number of para-hydroxylation sites is 2. The van der Waals surface area contributed by atoms with Gasteiger partial charge in [-0.15, -0.1) is 0 Å². The normalized spacial score (nSPS) is 11.3. The lowest BCUT2D eigenvalue weighted by atomic mass is 10.1. The van der Waals surface area contributed by atoms with E-state index >= 15 is 0 Å². The molecule has 0 aliphatic heterocycles. The molecule has 0 aliphatic rings. The molecule has 0 aliphatic carbocycles. The predicted molar refractivity (Wildman–Crippen MR) is 82.4 cm³/mol. The minimum atomic E-state index is -3.60. The van der Waals surface area contributed by atoms with Gasteiger partial charge in [0.2, 0.25) is 0 Å². The first-order valence-corrected chi connectivity index (χ1v) is 7.68. The van der Waals surface area contributed by atoms with E-state index in [1.165, 1.54) is 11.4 Å². The molecule has 0 saturated heterocycles. The van der Waals surface area contributed by atoms with Crippen LogP contribution in [0.2, 0.25) is 0 Å². The highest BCUT2D eigenvalue weighted by Gasteiger charge is 2.22. The first-order chi connectivity index (χ1) is 9.34. The van der Waals surface area contributed by atoms with Gasteiger partial charge in [0.05, 0.1) is 16.3 Å². The summed E-state index contributed by atoms with van der Waals surface area (Å²) in [6, 6.07) is 12.0. The zero-order valence-electron chi connectivity index (χ0n) is 11.8. The van der Waals surface area contributed by atoms with Crippen LogP contribution >= 0.6 is 0 Å². The molecule has 4 nitrogen and oxygen atoms in total. The van der Waals surface area contributed by atoms with E-state index in [-0.39, 0.29) is 4.90 Å². The molecule has 2 N–H and O–H groups in total. The topological polar surface area (TPSA) is 63.4 Å². The van der Waals surface area contributed by atoms with Crippen LogP contribution in [-0.2, 0) is 10.0 Å². The number of rotatable bonds is 3. The molecule has 0 aromatic heterocycles. The fraction of sp³-hybridized carbons (Fsp3) is 0.200. The standard InChI is InChI=1S/C15H18N2O2S/c1-11-8-9-13(10-12(11)2)20(18,19)17(3)15-7-5-4-6-14(15)16/h4-10H,16H2,1-3H3. The van der Waals surface area contributed by atoms with Crippen LogP contribution in [0.15, 0.2) is 47.4 Å². The summed E-state index contributed by atoms with van der Waals surface area (Å²) < 4.78 is 26.5. The van der Waals surface area contributed by atoms with Crippen LogP contribution in [0.4, 0.5) is 11.4 Å². The second kappa shape index (κ2) is 5.17. The first-order valence-electron chi connectivity index (χ1n) is 6.24. The maximum Gasteiger partial charge on any atom is 0.264 e. The molecule has 0 heterocycles. The number of nitrogen functional groups attached to an aromatic ring is 1. The van der Waals surface area contributed by atoms with Gasteiger partial charge in [-0.2, -0.15) is 0 Å². The van der Waals surface area contributed by atoms with Crippen molar-refractivity contribution in [2.45, 2.75) is 18.7 Å². The van der Waals surface area contributed by atoms with Crippen LogP contribution in [0.25, 0.3) is 0 Å². The number of hydrogen-bond acceptors (Lipinski definition) is 3. The number of anilines is 2. The van der Waals surface area contributed by atoms with Crippen molar-refractivity contribution in [1.29, 1.82) is 0 Å². The smallest absolute Gasteiger partial charge is 0.264 e. The molecule has 2 aromatic carbocycles. The summed E-state index contributed by atoms with van der Waals surface area (Å²) in [7, 11) is -2.09. The Morgan fingerprint density at radius 3 is 2.25 bits per heavy atom. The van der Waals surface area contributed by atoms with Gasteiger partial charge in [-0.3, -0.25) is 4.31 Å². The lowest BCUT2D eigenvalue weighted by molar-refractivity contribution is 0.594. The Hall–Kier alpha value is -2.01. The second-order valence-electron chi connectivity index (χ2n) is 4.78. The molecule has 0 fully saturated rings. The van der Waals surface area contributed by atoms with Crippen LogP contribution in [0.5, 0.6) is 0 Å². The molecule has 0 amide bonds. The van der Waals surface area contributed by atoms with Crippen LogP contribution in [0, 0.1) is 13.8 Å². The maximum absolute atomic E-state index is 12.6. The Bertz CT molecular complexity index is 739. The first kappa shape index (κ1) is 14.4. The highest BCUT2D eigenvalue weighted by atomic mass is 32.2. The van der Waals surface area contributed by atoms with E-state index in [2.05, 4.69) is 0 Å². The fourth-order valence-corrected chi connectivity index (χ4v) is 3.24. The van der Waals surface area contributed by atoms with Crippen molar-refractivity contribution < 1.29 is 8.42 Å². The molecule has 5 heteroatoms. The van der Waals surface area contributed by atoms with E-state index in [0.29, 0.717) is 11.4 Å². The summed E-state index contributed by atoms with van der Waals surface area (Å²) in [5, 5.41) is 0. The highest BCUT2D eigenvalue weighted by molar-refractivity contribution is 7.92. The molecule has 0 spiro atoms. The molecule has 0 saturated carbocycles. The lowest BCUT2D eigenvalue weighted by Gasteiger charge is -2.21. The van der Waals surface area contributed by atoms with Crippen LogP contribution in [0.3, 0.4) is 0 Å². The number of nitrogens with two attached hydrogens (primary N) is 1. The Morgan fingerprint density at radius 1 is 1.00 bits per heavy atom. The monoisotopic (exact) mass is 290 g/mol. The fourth-order valence-electron chi connectivity index (χ4n) is 1.94. The van der Waals surface area contributed by atoms with Crippen molar-refractivity contribution in [3.05, 3.63) is 53.6 Å². The molecule has 0 bridgehead atoms. The van der Waals surface area contributed by atoms with Gasteiger partial charge in [-0.25, -0.2) is 8.42 Å². The van der Waals surface area contributed by atoms with E-state index in [9.17, 15) is 8.42 Å². The molecule has 2 rings (SSSR count). The summed E-state index contributed by atoms with van der Waals surface area (Å²) in [6.07, 6.45) is 0. The molecule has 0 unspecified atom stereocenters. The molecular formula is C15H18N2O2S. The zero-order chi connectivity index (χ0) is 14.9. The lowest BCUT2D eigenvalue weighted by Crippen LogP contribution is -2.27. The maximum atomic E-state index is 12.6. The quantitative estimate of drug-likeness (QED) is 0.884. The van der Waals surface area contributed by atoms with Gasteiger partial charge in [0.15, 0.2) is 0 Å². The van der Waals surface area contributed by atoms with Crippen molar-refractivity contribution >= 4 is 21.4 Å². The summed E-state index contributed by atoms with van der Waals surface area (Å²) in [5.41, 5.74) is 8.76. The van der Waals surface area contributed by atoms with Crippen molar-refractivity contribution in [3.8, 4) is 0 Å². The average Bonchev–Trinajstić information content (AvgIpc) is 2.41. The minimum Gasteiger partial charge on any atom is -0.397 e. The Morgan fingerprint density at radius 2 is 1.65 bits per heavy atom. The molecule has 0 atom stereocenters. The number of nitrogens with zero attached hydrogens (tertiary/aromatic N) is 1. The summed E-state index contributed by atoms with van der Waals surface area (Å²) in [6.45, 7) is 3.84. The van der Waals surface area contributed by atoms with Crippen LogP contribution in [-0.4, -0.2) is 15.5 Å².